The average molecular weight is 346 g/mol. The zero-order valence-corrected chi connectivity index (χ0v) is 12.8. The van der Waals surface area contributed by atoms with Gasteiger partial charge in [-0.1, -0.05) is 35.2 Å². The second kappa shape index (κ2) is 5.26. The van der Waals surface area contributed by atoms with Crippen LogP contribution in [0.2, 0.25) is 0 Å². The number of hydrogen-bond donors (Lipinski definition) is 1. The van der Waals surface area contributed by atoms with E-state index in [1.54, 1.807) is 0 Å². The maximum atomic E-state index is 13.8. The van der Waals surface area contributed by atoms with Crippen molar-refractivity contribution in [3.63, 3.8) is 0 Å². The molecule has 2 aliphatic rings. The molecule has 2 saturated carbocycles. The van der Waals surface area contributed by atoms with Gasteiger partial charge in [0.2, 0.25) is 5.82 Å². The van der Waals surface area contributed by atoms with Crippen molar-refractivity contribution < 1.29 is 13.5 Å². The van der Waals surface area contributed by atoms with E-state index in [1.165, 1.54) is 12.5 Å². The molecule has 3 rings (SSSR count). The van der Waals surface area contributed by atoms with Crippen LogP contribution in [0.5, 0.6) is 5.75 Å². The van der Waals surface area contributed by atoms with Crippen molar-refractivity contribution in [3.8, 4) is 5.75 Å². The molecule has 2 aliphatic carbocycles. The molecule has 2 N–H and O–H groups in total. The van der Waals surface area contributed by atoms with Gasteiger partial charge in [0.15, 0.2) is 11.6 Å². The zero-order valence-electron chi connectivity index (χ0n) is 11.2. The smallest absolute Gasteiger partial charge is 0.200 e. The van der Waals surface area contributed by atoms with Crippen LogP contribution in [0.15, 0.2) is 16.6 Å². The summed E-state index contributed by atoms with van der Waals surface area (Å²) in [5.74, 6) is -1.82. The third-order valence-corrected chi connectivity index (χ3v) is 5.32. The van der Waals surface area contributed by atoms with E-state index in [2.05, 4.69) is 15.9 Å². The predicted molar refractivity (Wildman–Crippen MR) is 76.6 cm³/mol. The summed E-state index contributed by atoms with van der Waals surface area (Å²) in [7, 11) is 0. The Kier molecular flexibility index (Phi) is 3.75. The van der Waals surface area contributed by atoms with Gasteiger partial charge in [-0.2, -0.15) is 4.39 Å². The van der Waals surface area contributed by atoms with Gasteiger partial charge in [-0.15, -0.1) is 0 Å². The Balaban J connectivity index is 1.81. The topological polar surface area (TPSA) is 35.2 Å². The Morgan fingerprint density at radius 2 is 1.90 bits per heavy atom. The molecule has 1 aromatic rings. The van der Waals surface area contributed by atoms with Crippen molar-refractivity contribution in [3.05, 3.63) is 28.2 Å². The summed E-state index contributed by atoms with van der Waals surface area (Å²) < 4.78 is 33.5. The highest BCUT2D eigenvalue weighted by atomic mass is 79.9. The highest BCUT2D eigenvalue weighted by Gasteiger charge is 2.55. The summed E-state index contributed by atoms with van der Waals surface area (Å²) in [6.07, 6.45) is 6.18. The van der Waals surface area contributed by atoms with Crippen molar-refractivity contribution in [1.82, 2.24) is 0 Å². The molecule has 2 nitrogen and oxygen atoms in total. The molecule has 1 aromatic carbocycles. The molecule has 0 bridgehead atoms. The Morgan fingerprint density at radius 3 is 2.55 bits per heavy atom. The normalized spacial score (nSPS) is 28.2. The lowest BCUT2D eigenvalue weighted by Crippen LogP contribution is -2.64. The number of ether oxygens (including phenoxy) is 1. The first-order valence-electron chi connectivity index (χ1n) is 7.10. The molecule has 2 atom stereocenters. The van der Waals surface area contributed by atoms with E-state index >= 15 is 0 Å². The number of benzene rings is 1. The number of hydrogen-bond acceptors (Lipinski definition) is 2. The first-order chi connectivity index (χ1) is 9.53. The van der Waals surface area contributed by atoms with Crippen molar-refractivity contribution >= 4 is 15.9 Å². The van der Waals surface area contributed by atoms with Crippen LogP contribution < -0.4 is 10.5 Å². The first kappa shape index (κ1) is 14.3. The van der Waals surface area contributed by atoms with Crippen molar-refractivity contribution in [1.29, 1.82) is 0 Å². The second-order valence-electron chi connectivity index (χ2n) is 5.94. The summed E-state index contributed by atoms with van der Waals surface area (Å²) in [5, 5.41) is 0. The largest absolute Gasteiger partial charge is 0.486 e. The lowest BCUT2D eigenvalue weighted by Gasteiger charge is -2.56. The van der Waals surface area contributed by atoms with Crippen LogP contribution in [-0.2, 0) is 0 Å². The lowest BCUT2D eigenvalue weighted by atomic mass is 9.55. The van der Waals surface area contributed by atoms with Gasteiger partial charge in [0.05, 0.1) is 0 Å². The Bertz CT molecular complexity index is 517. The highest BCUT2D eigenvalue weighted by molar-refractivity contribution is 9.10. The third kappa shape index (κ3) is 2.25. The Morgan fingerprint density at radius 1 is 1.20 bits per heavy atom. The predicted octanol–water partition coefficient (Wildman–Crippen LogP) is 4.16. The fraction of sp³-hybridized carbons (Fsp3) is 0.600. The molecule has 0 aromatic heterocycles. The Labute approximate surface area is 125 Å². The maximum Gasteiger partial charge on any atom is 0.200 e. The van der Waals surface area contributed by atoms with Crippen LogP contribution in [0.1, 0.15) is 38.5 Å². The van der Waals surface area contributed by atoms with Gasteiger partial charge in [-0.05, 0) is 25.0 Å². The fourth-order valence-electron chi connectivity index (χ4n) is 3.62. The molecule has 5 heteroatoms. The van der Waals surface area contributed by atoms with Crippen LogP contribution in [0.25, 0.3) is 0 Å². The fourth-order valence-corrected chi connectivity index (χ4v) is 4.03. The maximum absolute atomic E-state index is 13.8. The van der Waals surface area contributed by atoms with E-state index in [9.17, 15) is 8.78 Å². The van der Waals surface area contributed by atoms with E-state index in [1.807, 2.05) is 0 Å². The quantitative estimate of drug-likeness (QED) is 0.817. The number of nitrogens with two attached hydrogens (primary N) is 1. The van der Waals surface area contributed by atoms with E-state index in [4.69, 9.17) is 10.5 Å². The molecule has 2 fully saturated rings. The molecule has 0 aliphatic heterocycles. The van der Waals surface area contributed by atoms with Crippen LogP contribution in [0, 0.1) is 17.0 Å². The molecule has 0 saturated heterocycles. The van der Waals surface area contributed by atoms with Crippen molar-refractivity contribution in [2.45, 2.75) is 50.7 Å². The SMILES string of the molecule is NC1CC(Oc2cc(Br)cc(F)c2F)C12CCCCC2. The minimum absolute atomic E-state index is 0.0151. The van der Waals surface area contributed by atoms with Gasteiger partial charge < -0.3 is 10.5 Å². The van der Waals surface area contributed by atoms with Crippen LogP contribution in [0.3, 0.4) is 0 Å². The van der Waals surface area contributed by atoms with Gasteiger partial charge in [0.1, 0.15) is 6.10 Å². The highest BCUT2D eigenvalue weighted by Crippen LogP contribution is 2.52. The first-order valence-corrected chi connectivity index (χ1v) is 7.89. The summed E-state index contributed by atoms with van der Waals surface area (Å²) >= 11 is 3.17. The van der Waals surface area contributed by atoms with Crippen LogP contribution in [0.4, 0.5) is 8.78 Å². The van der Waals surface area contributed by atoms with Crippen LogP contribution >= 0.6 is 15.9 Å². The summed E-state index contributed by atoms with van der Waals surface area (Å²) in [6, 6.07) is 2.71. The standard InChI is InChI=1S/C15H18BrF2NO/c16-9-6-10(17)14(18)11(7-9)20-13-8-12(19)15(13)4-2-1-3-5-15/h6-7,12-13H,1-5,8,19H2. The second-order valence-corrected chi connectivity index (χ2v) is 6.86. The van der Waals surface area contributed by atoms with Crippen LogP contribution in [-0.4, -0.2) is 12.1 Å². The van der Waals surface area contributed by atoms with Gasteiger partial charge in [-0.3, -0.25) is 0 Å². The third-order valence-electron chi connectivity index (χ3n) is 4.86. The van der Waals surface area contributed by atoms with Gasteiger partial charge in [0, 0.05) is 22.4 Å². The molecule has 0 radical (unpaired) electrons. The van der Waals surface area contributed by atoms with E-state index in [0.717, 1.165) is 31.7 Å². The summed E-state index contributed by atoms with van der Waals surface area (Å²) in [4.78, 5) is 0. The summed E-state index contributed by atoms with van der Waals surface area (Å²) in [6.45, 7) is 0. The zero-order chi connectivity index (χ0) is 14.3. The molecular weight excluding hydrogens is 328 g/mol. The molecule has 0 amide bonds. The average Bonchev–Trinajstić information content (AvgIpc) is 2.44. The lowest BCUT2D eigenvalue weighted by molar-refractivity contribution is -0.0913. The molecule has 2 unspecified atom stereocenters. The molecular formula is C15H18BrF2NO. The molecule has 1 spiro atoms. The van der Waals surface area contributed by atoms with Gasteiger partial charge >= 0.3 is 0 Å². The van der Waals surface area contributed by atoms with E-state index in [0.29, 0.717) is 10.9 Å². The van der Waals surface area contributed by atoms with Gasteiger partial charge in [0.25, 0.3) is 0 Å². The van der Waals surface area contributed by atoms with Gasteiger partial charge in [-0.25, -0.2) is 4.39 Å². The molecule has 20 heavy (non-hydrogen) atoms. The van der Waals surface area contributed by atoms with Crippen molar-refractivity contribution in [2.24, 2.45) is 11.1 Å². The monoisotopic (exact) mass is 345 g/mol. The minimum Gasteiger partial charge on any atom is -0.486 e. The number of halogens is 3. The minimum atomic E-state index is -0.917. The van der Waals surface area contributed by atoms with Crippen molar-refractivity contribution in [2.75, 3.05) is 0 Å². The van der Waals surface area contributed by atoms with E-state index in [-0.39, 0.29) is 23.3 Å². The van der Waals surface area contributed by atoms with E-state index < -0.39 is 11.6 Å². The summed E-state index contributed by atoms with van der Waals surface area (Å²) in [5.41, 5.74) is 6.13. The molecule has 110 valence electrons. The Hall–Kier alpha value is -0.680. The number of rotatable bonds is 2. The molecule has 0 heterocycles.